The van der Waals surface area contributed by atoms with E-state index < -0.39 is 35.1 Å². The second-order valence-corrected chi connectivity index (χ2v) is 4.12. The molecule has 0 aromatic heterocycles. The van der Waals surface area contributed by atoms with Gasteiger partial charge in [-0.15, -0.1) is 0 Å². The van der Waals surface area contributed by atoms with Gasteiger partial charge in [0.05, 0.1) is 5.69 Å². The van der Waals surface area contributed by atoms with E-state index in [-0.39, 0.29) is 0 Å². The predicted octanol–water partition coefficient (Wildman–Crippen LogP) is 2.74. The molecule has 0 spiro atoms. The maximum absolute atomic E-state index is 13.4. The Morgan fingerprint density at radius 2 is 1.60 bits per heavy atom. The van der Waals surface area contributed by atoms with E-state index in [1.807, 2.05) is 0 Å². The average molecular weight is 280 g/mol. The van der Waals surface area contributed by atoms with Crippen molar-refractivity contribution in [1.82, 2.24) is 0 Å². The van der Waals surface area contributed by atoms with E-state index in [2.05, 4.69) is 5.32 Å². The lowest BCUT2D eigenvalue weighted by Crippen LogP contribution is -2.28. The van der Waals surface area contributed by atoms with Crippen LogP contribution in [0.3, 0.4) is 0 Å². The molecule has 0 unspecified atom stereocenters. The second kappa shape index (κ2) is 5.75. The summed E-state index contributed by atoms with van der Waals surface area (Å²) in [5.41, 5.74) is 5.77. The number of hydrogen-bond donors (Lipinski definition) is 2. The molecular weight excluding hydrogens is 269 g/mol. The molecule has 0 saturated carbocycles. The van der Waals surface area contributed by atoms with Gasteiger partial charge in [-0.2, -0.15) is 0 Å². The zero-order valence-corrected chi connectivity index (χ0v) is 10.2. The molecule has 0 aliphatic rings. The Balaban J connectivity index is 2.18. The van der Waals surface area contributed by atoms with Crippen LogP contribution < -0.4 is 11.1 Å². The van der Waals surface area contributed by atoms with Crippen LogP contribution in [-0.4, -0.2) is 5.91 Å². The molecule has 0 fully saturated rings. The van der Waals surface area contributed by atoms with Crippen molar-refractivity contribution in [2.45, 2.75) is 6.04 Å². The smallest absolute Gasteiger partial charge is 0.245 e. The zero-order chi connectivity index (χ0) is 14.7. The predicted molar refractivity (Wildman–Crippen MR) is 68.3 cm³/mol. The van der Waals surface area contributed by atoms with Gasteiger partial charge in [0.1, 0.15) is 11.9 Å². The number of hydrogen-bond acceptors (Lipinski definition) is 2. The summed E-state index contributed by atoms with van der Waals surface area (Å²) in [4.78, 5) is 11.8. The number of carbonyl (C=O) groups excluding carboxylic acids is 1. The van der Waals surface area contributed by atoms with Crippen LogP contribution in [0, 0.1) is 17.5 Å². The van der Waals surface area contributed by atoms with Crippen molar-refractivity contribution >= 4 is 11.6 Å². The van der Waals surface area contributed by atoms with Crippen molar-refractivity contribution in [3.05, 3.63) is 65.5 Å². The highest BCUT2D eigenvalue weighted by Gasteiger charge is 2.18. The lowest BCUT2D eigenvalue weighted by molar-refractivity contribution is -0.117. The number of carbonyl (C=O) groups is 1. The molecule has 2 rings (SSSR count). The van der Waals surface area contributed by atoms with Crippen LogP contribution in [0.25, 0.3) is 0 Å². The van der Waals surface area contributed by atoms with E-state index >= 15 is 0 Å². The third kappa shape index (κ3) is 2.97. The third-order valence-electron chi connectivity index (χ3n) is 2.71. The van der Waals surface area contributed by atoms with Crippen LogP contribution in [0.15, 0.2) is 42.5 Å². The monoisotopic (exact) mass is 280 g/mol. The summed E-state index contributed by atoms with van der Waals surface area (Å²) in [5, 5.41) is 2.13. The van der Waals surface area contributed by atoms with Crippen LogP contribution in [0.5, 0.6) is 0 Å². The van der Waals surface area contributed by atoms with E-state index in [0.29, 0.717) is 17.7 Å². The van der Waals surface area contributed by atoms with Gasteiger partial charge in [0, 0.05) is 12.1 Å². The van der Waals surface area contributed by atoms with Crippen molar-refractivity contribution < 1.29 is 18.0 Å². The standard InChI is InChI=1S/C14H11F3N2O/c15-9-6-11(17)12(7-10(9)16)19-14(20)13(18)8-4-2-1-3-5-8/h1-7,13H,18H2,(H,19,20)/t13-/m1/s1. The summed E-state index contributed by atoms with van der Waals surface area (Å²) >= 11 is 0. The number of nitrogens with two attached hydrogens (primary N) is 1. The topological polar surface area (TPSA) is 55.1 Å². The molecular formula is C14H11F3N2O. The molecule has 20 heavy (non-hydrogen) atoms. The van der Waals surface area contributed by atoms with Crippen molar-refractivity contribution in [1.29, 1.82) is 0 Å². The Morgan fingerprint density at radius 3 is 2.25 bits per heavy atom. The van der Waals surface area contributed by atoms with E-state index in [4.69, 9.17) is 5.73 Å². The average Bonchev–Trinajstić information content (AvgIpc) is 2.44. The van der Waals surface area contributed by atoms with Gasteiger partial charge in [-0.3, -0.25) is 4.79 Å². The minimum Gasteiger partial charge on any atom is -0.322 e. The molecule has 2 aromatic carbocycles. The van der Waals surface area contributed by atoms with Crippen molar-refractivity contribution in [2.24, 2.45) is 5.73 Å². The summed E-state index contributed by atoms with van der Waals surface area (Å²) in [5.74, 6) is -4.37. The molecule has 104 valence electrons. The zero-order valence-electron chi connectivity index (χ0n) is 10.2. The minimum atomic E-state index is -1.33. The SMILES string of the molecule is N[C@@H](C(=O)Nc1cc(F)c(F)cc1F)c1ccccc1. The summed E-state index contributed by atoms with van der Waals surface area (Å²) < 4.78 is 39.2. The Kier molecular flexibility index (Phi) is 4.05. The maximum atomic E-state index is 13.4. The summed E-state index contributed by atoms with van der Waals surface area (Å²) in [6, 6.07) is 8.30. The molecule has 0 saturated heterocycles. The molecule has 0 aliphatic carbocycles. The molecule has 0 aliphatic heterocycles. The Morgan fingerprint density at radius 1 is 1.00 bits per heavy atom. The molecule has 1 amide bonds. The quantitative estimate of drug-likeness (QED) is 0.849. The van der Waals surface area contributed by atoms with Gasteiger partial charge in [0.15, 0.2) is 11.6 Å². The highest BCUT2D eigenvalue weighted by Crippen LogP contribution is 2.20. The van der Waals surface area contributed by atoms with Gasteiger partial charge >= 0.3 is 0 Å². The largest absolute Gasteiger partial charge is 0.322 e. The van der Waals surface area contributed by atoms with Gasteiger partial charge in [-0.25, -0.2) is 13.2 Å². The van der Waals surface area contributed by atoms with Gasteiger partial charge in [0.25, 0.3) is 0 Å². The summed E-state index contributed by atoms with van der Waals surface area (Å²) in [7, 11) is 0. The van der Waals surface area contributed by atoms with Crippen LogP contribution in [-0.2, 0) is 4.79 Å². The molecule has 1 atom stereocenters. The van der Waals surface area contributed by atoms with E-state index in [0.717, 1.165) is 0 Å². The molecule has 0 radical (unpaired) electrons. The first-order valence-corrected chi connectivity index (χ1v) is 5.75. The number of anilines is 1. The van der Waals surface area contributed by atoms with Gasteiger partial charge in [-0.1, -0.05) is 30.3 Å². The first-order valence-electron chi connectivity index (χ1n) is 5.75. The number of benzene rings is 2. The van der Waals surface area contributed by atoms with Crippen LogP contribution >= 0.6 is 0 Å². The summed E-state index contributed by atoms with van der Waals surface area (Å²) in [6.45, 7) is 0. The van der Waals surface area contributed by atoms with Crippen LogP contribution in [0.4, 0.5) is 18.9 Å². The van der Waals surface area contributed by atoms with Crippen molar-refractivity contribution in [2.75, 3.05) is 5.32 Å². The molecule has 2 aromatic rings. The number of rotatable bonds is 3. The Hall–Kier alpha value is -2.34. The normalized spacial score (nSPS) is 12.0. The van der Waals surface area contributed by atoms with Crippen LogP contribution in [0.2, 0.25) is 0 Å². The van der Waals surface area contributed by atoms with E-state index in [9.17, 15) is 18.0 Å². The first kappa shape index (κ1) is 14.1. The lowest BCUT2D eigenvalue weighted by atomic mass is 10.1. The number of nitrogens with one attached hydrogen (secondary N) is 1. The van der Waals surface area contributed by atoms with Gasteiger partial charge < -0.3 is 11.1 Å². The van der Waals surface area contributed by atoms with Crippen LogP contribution in [0.1, 0.15) is 11.6 Å². The summed E-state index contributed by atoms with van der Waals surface area (Å²) in [6.07, 6.45) is 0. The van der Waals surface area contributed by atoms with E-state index in [1.54, 1.807) is 30.3 Å². The molecule has 6 heteroatoms. The fourth-order valence-corrected chi connectivity index (χ4v) is 1.64. The minimum absolute atomic E-state index is 0.360. The highest BCUT2D eigenvalue weighted by atomic mass is 19.2. The van der Waals surface area contributed by atoms with Crippen molar-refractivity contribution in [3.63, 3.8) is 0 Å². The Labute approximate surface area is 113 Å². The lowest BCUT2D eigenvalue weighted by Gasteiger charge is -2.13. The molecule has 0 heterocycles. The first-order chi connectivity index (χ1) is 9.49. The number of amides is 1. The fraction of sp³-hybridized carbons (Fsp3) is 0.0714. The molecule has 3 N–H and O–H groups in total. The molecule has 3 nitrogen and oxygen atoms in total. The Bertz CT molecular complexity index is 632. The highest BCUT2D eigenvalue weighted by molar-refractivity contribution is 5.95. The molecule has 0 bridgehead atoms. The third-order valence-corrected chi connectivity index (χ3v) is 2.71. The fourth-order valence-electron chi connectivity index (χ4n) is 1.64. The van der Waals surface area contributed by atoms with E-state index in [1.165, 1.54) is 0 Å². The van der Waals surface area contributed by atoms with Gasteiger partial charge in [-0.05, 0) is 5.56 Å². The van der Waals surface area contributed by atoms with Crippen molar-refractivity contribution in [3.8, 4) is 0 Å². The number of halogens is 3. The van der Waals surface area contributed by atoms with Gasteiger partial charge in [0.2, 0.25) is 5.91 Å². The second-order valence-electron chi connectivity index (χ2n) is 4.12. The maximum Gasteiger partial charge on any atom is 0.245 e.